The summed E-state index contributed by atoms with van der Waals surface area (Å²) < 4.78 is 5.17. The predicted octanol–water partition coefficient (Wildman–Crippen LogP) is 5.78. The first-order valence-corrected chi connectivity index (χ1v) is 9.05. The van der Waals surface area contributed by atoms with Gasteiger partial charge in [-0.3, -0.25) is 0 Å². The molecule has 3 aromatic carbocycles. The van der Waals surface area contributed by atoms with Crippen LogP contribution in [-0.2, 0) is 0 Å². The highest BCUT2D eigenvalue weighted by Gasteiger charge is 2.07. The van der Waals surface area contributed by atoms with Crippen molar-refractivity contribution in [1.29, 1.82) is 0 Å². The van der Waals surface area contributed by atoms with Crippen LogP contribution < -0.4 is 4.74 Å². The van der Waals surface area contributed by atoms with E-state index in [0.29, 0.717) is 0 Å². The fourth-order valence-corrected chi connectivity index (χ4v) is 2.88. The molecule has 0 aliphatic carbocycles. The minimum absolute atomic E-state index is 0.0827. The van der Waals surface area contributed by atoms with Gasteiger partial charge in [0.25, 0.3) is 0 Å². The van der Waals surface area contributed by atoms with Gasteiger partial charge in [-0.05, 0) is 28.8 Å². The average molecular weight is 356 g/mol. The van der Waals surface area contributed by atoms with Gasteiger partial charge < -0.3 is 9.84 Å². The van der Waals surface area contributed by atoms with Gasteiger partial charge in [-0.15, -0.1) is 0 Å². The van der Waals surface area contributed by atoms with Crippen LogP contribution in [0.25, 0.3) is 6.08 Å². The molecule has 3 aromatic rings. The summed E-state index contributed by atoms with van der Waals surface area (Å²) in [4.78, 5) is 0. The molecule has 0 aliphatic heterocycles. The Labute approximate surface area is 161 Å². The number of aliphatic hydroxyl groups excluding tert-OH is 1. The number of methoxy groups -OCH3 is 1. The molecule has 0 bridgehead atoms. The van der Waals surface area contributed by atoms with Crippen LogP contribution in [-0.4, -0.2) is 12.2 Å². The summed E-state index contributed by atoms with van der Waals surface area (Å²) in [6.07, 6.45) is 7.49. The van der Waals surface area contributed by atoms with E-state index in [2.05, 4.69) is 36.4 Å². The summed E-state index contributed by atoms with van der Waals surface area (Å²) in [7, 11) is 1.63. The van der Waals surface area contributed by atoms with Crippen molar-refractivity contribution in [3.05, 3.63) is 120 Å². The fourth-order valence-electron chi connectivity index (χ4n) is 2.88. The number of rotatable bonds is 7. The molecule has 0 fully saturated rings. The molecule has 2 nitrogen and oxygen atoms in total. The summed E-state index contributed by atoms with van der Waals surface area (Å²) in [5.41, 5.74) is 3.18. The Bertz CT molecular complexity index is 865. The van der Waals surface area contributed by atoms with Crippen LogP contribution >= 0.6 is 0 Å². The summed E-state index contributed by atoms with van der Waals surface area (Å²) in [5, 5.41) is 10.5. The molecule has 0 amide bonds. The SMILES string of the molecule is COc1ccc(C(O)C=C[C@H](/C=C/c2ccccc2)c2ccccc2)cc1. The van der Waals surface area contributed by atoms with Crippen LogP contribution in [0, 0.1) is 0 Å². The standard InChI is InChI=1S/C25H24O2/c1-27-24-17-14-23(15-18-24)25(26)19-16-22(21-10-6-3-7-11-21)13-12-20-8-4-2-5-9-20/h2-19,22,25-26H,1H3/b13-12+,19-16?/t22-,25?/m0/s1. The van der Waals surface area contributed by atoms with E-state index >= 15 is 0 Å². The lowest BCUT2D eigenvalue weighted by Gasteiger charge is -2.11. The van der Waals surface area contributed by atoms with Crippen molar-refractivity contribution in [2.24, 2.45) is 0 Å². The zero-order valence-corrected chi connectivity index (χ0v) is 15.4. The maximum absolute atomic E-state index is 10.5. The molecule has 1 unspecified atom stereocenters. The number of allylic oxidation sites excluding steroid dienone is 2. The molecule has 136 valence electrons. The Morgan fingerprint density at radius 1 is 0.704 bits per heavy atom. The van der Waals surface area contributed by atoms with Crippen molar-refractivity contribution in [3.8, 4) is 5.75 Å². The van der Waals surface area contributed by atoms with E-state index < -0.39 is 6.10 Å². The average Bonchev–Trinajstić information content (AvgIpc) is 2.75. The molecule has 0 aromatic heterocycles. The molecule has 27 heavy (non-hydrogen) atoms. The molecular weight excluding hydrogens is 332 g/mol. The van der Waals surface area contributed by atoms with Crippen molar-refractivity contribution in [1.82, 2.24) is 0 Å². The van der Waals surface area contributed by atoms with Gasteiger partial charge in [-0.2, -0.15) is 0 Å². The lowest BCUT2D eigenvalue weighted by molar-refractivity contribution is 0.228. The van der Waals surface area contributed by atoms with Gasteiger partial charge in [-0.1, -0.05) is 97.1 Å². The second kappa shape index (κ2) is 9.56. The van der Waals surface area contributed by atoms with Crippen LogP contribution in [0.1, 0.15) is 28.7 Å². The number of hydrogen-bond donors (Lipinski definition) is 1. The Morgan fingerprint density at radius 3 is 1.96 bits per heavy atom. The number of aliphatic hydroxyl groups is 1. The zero-order valence-electron chi connectivity index (χ0n) is 15.4. The maximum atomic E-state index is 10.5. The van der Waals surface area contributed by atoms with Gasteiger partial charge in [0, 0.05) is 5.92 Å². The van der Waals surface area contributed by atoms with Gasteiger partial charge >= 0.3 is 0 Å². The molecule has 0 radical (unpaired) electrons. The second-order valence-corrected chi connectivity index (χ2v) is 6.31. The molecule has 2 heteroatoms. The third-order valence-corrected chi connectivity index (χ3v) is 4.44. The van der Waals surface area contributed by atoms with Crippen molar-refractivity contribution in [3.63, 3.8) is 0 Å². The van der Waals surface area contributed by atoms with Crippen molar-refractivity contribution in [2.45, 2.75) is 12.0 Å². The summed E-state index contributed by atoms with van der Waals surface area (Å²) >= 11 is 0. The highest BCUT2D eigenvalue weighted by molar-refractivity contribution is 5.51. The van der Waals surface area contributed by atoms with Crippen LogP contribution in [0.5, 0.6) is 5.75 Å². The Morgan fingerprint density at radius 2 is 1.33 bits per heavy atom. The highest BCUT2D eigenvalue weighted by atomic mass is 16.5. The van der Waals surface area contributed by atoms with Crippen molar-refractivity contribution in [2.75, 3.05) is 7.11 Å². The van der Waals surface area contributed by atoms with Crippen LogP contribution in [0.3, 0.4) is 0 Å². The van der Waals surface area contributed by atoms with Crippen LogP contribution in [0.15, 0.2) is 103 Å². The zero-order chi connectivity index (χ0) is 18.9. The van der Waals surface area contributed by atoms with E-state index in [1.807, 2.05) is 72.8 Å². The molecular formula is C25H24O2. The minimum Gasteiger partial charge on any atom is -0.497 e. The first kappa shape index (κ1) is 18.7. The van der Waals surface area contributed by atoms with E-state index in [0.717, 1.165) is 16.9 Å². The van der Waals surface area contributed by atoms with Crippen molar-refractivity contribution < 1.29 is 9.84 Å². The predicted molar refractivity (Wildman–Crippen MR) is 112 cm³/mol. The van der Waals surface area contributed by atoms with E-state index in [9.17, 15) is 5.11 Å². The van der Waals surface area contributed by atoms with Crippen molar-refractivity contribution >= 4 is 6.08 Å². The van der Waals surface area contributed by atoms with Gasteiger partial charge in [0.1, 0.15) is 5.75 Å². The van der Waals surface area contributed by atoms with Gasteiger partial charge in [0.05, 0.1) is 13.2 Å². The molecule has 1 N–H and O–H groups in total. The maximum Gasteiger partial charge on any atom is 0.118 e. The van der Waals surface area contributed by atoms with Crippen LogP contribution in [0.4, 0.5) is 0 Å². The normalized spacial score (nSPS) is 13.7. The Balaban J connectivity index is 1.79. The largest absolute Gasteiger partial charge is 0.497 e. The van der Waals surface area contributed by atoms with Gasteiger partial charge in [0.2, 0.25) is 0 Å². The molecule has 2 atom stereocenters. The first-order valence-electron chi connectivity index (χ1n) is 9.05. The van der Waals surface area contributed by atoms with Crippen LogP contribution in [0.2, 0.25) is 0 Å². The minimum atomic E-state index is -0.660. The number of benzene rings is 3. The van der Waals surface area contributed by atoms with E-state index in [-0.39, 0.29) is 5.92 Å². The lowest BCUT2D eigenvalue weighted by atomic mass is 9.96. The summed E-state index contributed by atoms with van der Waals surface area (Å²) in [5.74, 6) is 0.863. The lowest BCUT2D eigenvalue weighted by Crippen LogP contribution is -1.96. The molecule has 0 saturated heterocycles. The highest BCUT2D eigenvalue weighted by Crippen LogP contribution is 2.24. The number of hydrogen-bond acceptors (Lipinski definition) is 2. The summed E-state index contributed by atoms with van der Waals surface area (Å²) in [6.45, 7) is 0. The number of ether oxygens (including phenoxy) is 1. The molecule has 0 spiro atoms. The monoisotopic (exact) mass is 356 g/mol. The van der Waals surface area contributed by atoms with E-state index in [1.165, 1.54) is 5.56 Å². The second-order valence-electron chi connectivity index (χ2n) is 6.31. The van der Waals surface area contributed by atoms with Gasteiger partial charge in [-0.25, -0.2) is 0 Å². The molecule has 0 saturated carbocycles. The third-order valence-electron chi connectivity index (χ3n) is 4.44. The molecule has 0 aliphatic rings. The topological polar surface area (TPSA) is 29.5 Å². The molecule has 3 rings (SSSR count). The van der Waals surface area contributed by atoms with E-state index in [1.54, 1.807) is 7.11 Å². The molecule has 0 heterocycles. The fraction of sp³-hybridized carbons (Fsp3) is 0.120. The Kier molecular flexibility index (Phi) is 6.61. The van der Waals surface area contributed by atoms with Gasteiger partial charge in [0.15, 0.2) is 0 Å². The van der Waals surface area contributed by atoms with E-state index in [4.69, 9.17) is 4.74 Å². The first-order chi connectivity index (χ1) is 13.3. The smallest absolute Gasteiger partial charge is 0.118 e. The Hall–Kier alpha value is -3.10. The summed E-state index contributed by atoms with van der Waals surface area (Å²) in [6, 6.07) is 28.0. The third kappa shape index (κ3) is 5.44. The quantitative estimate of drug-likeness (QED) is 0.544.